The third-order valence-electron chi connectivity index (χ3n) is 4.40. The van der Waals surface area contributed by atoms with Gasteiger partial charge in [-0.3, -0.25) is 14.5 Å². The average molecular weight is 412 g/mol. The lowest BCUT2D eigenvalue weighted by Crippen LogP contribution is -2.28. The lowest BCUT2D eigenvalue weighted by atomic mass is 10.1. The van der Waals surface area contributed by atoms with Crippen LogP contribution in [0.1, 0.15) is 37.0 Å². The number of imide groups is 1. The molecule has 2 aromatic rings. The van der Waals surface area contributed by atoms with Crippen LogP contribution in [0.2, 0.25) is 0 Å². The zero-order valence-electron chi connectivity index (χ0n) is 16.9. The molecule has 152 valence electrons. The van der Waals surface area contributed by atoms with E-state index in [-0.39, 0.29) is 11.1 Å². The van der Waals surface area contributed by atoms with Crippen LogP contribution in [0, 0.1) is 6.92 Å². The first kappa shape index (κ1) is 21.0. The maximum atomic E-state index is 12.4. The zero-order chi connectivity index (χ0) is 20.8. The van der Waals surface area contributed by atoms with E-state index in [1.807, 2.05) is 51.1 Å². The van der Waals surface area contributed by atoms with Crippen molar-refractivity contribution in [3.05, 3.63) is 64.1 Å². The number of ether oxygens (including phenoxy) is 2. The molecule has 1 fully saturated rings. The minimum absolute atomic E-state index is 0.216. The van der Waals surface area contributed by atoms with E-state index in [2.05, 4.69) is 12.1 Å². The minimum atomic E-state index is -0.237. The van der Waals surface area contributed by atoms with Gasteiger partial charge in [0.25, 0.3) is 11.1 Å². The fraction of sp³-hybridized carbons (Fsp3) is 0.304. The topological polar surface area (TPSA) is 55.8 Å². The first-order valence-corrected chi connectivity index (χ1v) is 10.5. The van der Waals surface area contributed by atoms with Gasteiger partial charge in [0.15, 0.2) is 11.5 Å². The number of carbonyl (C=O) groups is 2. The second kappa shape index (κ2) is 9.65. The molecule has 0 bridgehead atoms. The van der Waals surface area contributed by atoms with Crippen LogP contribution in [-0.2, 0) is 11.4 Å². The zero-order valence-corrected chi connectivity index (χ0v) is 17.8. The van der Waals surface area contributed by atoms with Crippen LogP contribution in [0.5, 0.6) is 11.5 Å². The quantitative estimate of drug-likeness (QED) is 0.543. The number of aryl methyl sites for hydroxylation is 1. The minimum Gasteiger partial charge on any atom is -0.490 e. The summed E-state index contributed by atoms with van der Waals surface area (Å²) in [5.41, 5.74) is 3.07. The first-order valence-electron chi connectivity index (χ1n) is 9.72. The number of nitrogens with zero attached hydrogens (tertiary/aromatic N) is 1. The molecule has 1 aliphatic heterocycles. The molecular formula is C23H25NO4S. The highest BCUT2D eigenvalue weighted by Gasteiger charge is 2.34. The molecule has 2 amide bonds. The van der Waals surface area contributed by atoms with Crippen molar-refractivity contribution >= 4 is 29.0 Å². The van der Waals surface area contributed by atoms with E-state index >= 15 is 0 Å². The van der Waals surface area contributed by atoms with E-state index in [0.29, 0.717) is 36.2 Å². The highest BCUT2D eigenvalue weighted by molar-refractivity contribution is 8.18. The summed E-state index contributed by atoms with van der Waals surface area (Å²) in [4.78, 5) is 26.2. The third-order valence-corrected chi connectivity index (χ3v) is 5.31. The average Bonchev–Trinajstić information content (AvgIpc) is 2.97. The maximum Gasteiger partial charge on any atom is 0.293 e. The molecule has 0 saturated carbocycles. The van der Waals surface area contributed by atoms with E-state index in [1.54, 1.807) is 6.08 Å². The standard InChI is InChI=1S/C23H25NO4S/c1-4-12-24-22(25)21(29-23(24)26)14-18-10-11-19(20(13-18)27-5-2)28-15-17-8-6-16(3)7-9-17/h6-11,13-14H,4-5,12,15H2,1-3H3/b21-14+. The van der Waals surface area contributed by atoms with Gasteiger partial charge < -0.3 is 9.47 Å². The number of hydrogen-bond acceptors (Lipinski definition) is 5. The Kier molecular flexibility index (Phi) is 6.99. The number of rotatable bonds is 8. The van der Waals surface area contributed by atoms with Gasteiger partial charge >= 0.3 is 0 Å². The predicted octanol–water partition coefficient (Wildman–Crippen LogP) is 5.42. The van der Waals surface area contributed by atoms with Crippen LogP contribution >= 0.6 is 11.8 Å². The van der Waals surface area contributed by atoms with Gasteiger partial charge in [0.2, 0.25) is 0 Å². The van der Waals surface area contributed by atoms with E-state index in [0.717, 1.165) is 29.3 Å². The second-order valence-electron chi connectivity index (χ2n) is 6.75. The number of amides is 2. The molecule has 0 aromatic heterocycles. The summed E-state index contributed by atoms with van der Waals surface area (Å²) in [6.07, 6.45) is 2.47. The summed E-state index contributed by atoms with van der Waals surface area (Å²) in [5.74, 6) is 1.02. The molecule has 0 radical (unpaired) electrons. The molecule has 3 rings (SSSR count). The van der Waals surface area contributed by atoms with Crippen molar-refractivity contribution in [3.63, 3.8) is 0 Å². The molecule has 29 heavy (non-hydrogen) atoms. The van der Waals surface area contributed by atoms with Gasteiger partial charge in [-0.1, -0.05) is 42.8 Å². The number of benzene rings is 2. The molecule has 0 spiro atoms. The van der Waals surface area contributed by atoms with Crippen LogP contribution in [-0.4, -0.2) is 29.2 Å². The Morgan fingerprint density at radius 1 is 1.00 bits per heavy atom. The molecule has 2 aromatic carbocycles. The van der Waals surface area contributed by atoms with Crippen molar-refractivity contribution in [2.75, 3.05) is 13.2 Å². The second-order valence-corrected chi connectivity index (χ2v) is 7.74. The molecule has 0 N–H and O–H groups in total. The SMILES string of the molecule is CCCN1C(=O)S/C(=C/c2ccc(OCc3ccc(C)cc3)c(OCC)c2)C1=O. The van der Waals surface area contributed by atoms with E-state index in [4.69, 9.17) is 9.47 Å². The van der Waals surface area contributed by atoms with Gasteiger partial charge in [-0.05, 0) is 61.4 Å². The van der Waals surface area contributed by atoms with Crippen LogP contribution < -0.4 is 9.47 Å². The molecule has 1 heterocycles. The van der Waals surface area contributed by atoms with Gasteiger partial charge in [0.1, 0.15) is 6.61 Å². The first-order chi connectivity index (χ1) is 14.0. The molecule has 0 aliphatic carbocycles. The van der Waals surface area contributed by atoms with Gasteiger partial charge in [0, 0.05) is 6.54 Å². The molecule has 0 unspecified atom stereocenters. The van der Waals surface area contributed by atoms with Crippen molar-refractivity contribution in [1.82, 2.24) is 4.90 Å². The van der Waals surface area contributed by atoms with Crippen LogP contribution in [0.15, 0.2) is 47.4 Å². The smallest absolute Gasteiger partial charge is 0.293 e. The van der Waals surface area contributed by atoms with Crippen LogP contribution in [0.3, 0.4) is 0 Å². The van der Waals surface area contributed by atoms with Crippen LogP contribution in [0.25, 0.3) is 6.08 Å². The molecular weight excluding hydrogens is 386 g/mol. The Balaban J connectivity index is 1.77. The highest BCUT2D eigenvalue weighted by atomic mass is 32.2. The maximum absolute atomic E-state index is 12.4. The highest BCUT2D eigenvalue weighted by Crippen LogP contribution is 2.35. The van der Waals surface area contributed by atoms with Gasteiger partial charge in [-0.15, -0.1) is 0 Å². The Hall–Kier alpha value is -2.73. The third kappa shape index (κ3) is 5.21. The number of thioether (sulfide) groups is 1. The molecule has 1 saturated heterocycles. The lowest BCUT2D eigenvalue weighted by Gasteiger charge is -2.13. The summed E-state index contributed by atoms with van der Waals surface area (Å²) in [5, 5.41) is -0.216. The Labute approximate surface area is 175 Å². The molecule has 0 atom stereocenters. The summed E-state index contributed by atoms with van der Waals surface area (Å²) >= 11 is 0.975. The van der Waals surface area contributed by atoms with Crippen molar-refractivity contribution in [3.8, 4) is 11.5 Å². The van der Waals surface area contributed by atoms with Crippen molar-refractivity contribution in [2.24, 2.45) is 0 Å². The molecule has 5 nitrogen and oxygen atoms in total. The van der Waals surface area contributed by atoms with E-state index in [9.17, 15) is 9.59 Å². The summed E-state index contributed by atoms with van der Waals surface area (Å²) in [6.45, 7) is 7.28. The lowest BCUT2D eigenvalue weighted by molar-refractivity contribution is -0.122. The fourth-order valence-corrected chi connectivity index (χ4v) is 3.78. The Morgan fingerprint density at radius 3 is 2.45 bits per heavy atom. The predicted molar refractivity (Wildman–Crippen MR) is 116 cm³/mol. The summed E-state index contributed by atoms with van der Waals surface area (Å²) < 4.78 is 11.7. The monoisotopic (exact) mass is 411 g/mol. The van der Waals surface area contributed by atoms with Gasteiger partial charge in [-0.2, -0.15) is 0 Å². The summed E-state index contributed by atoms with van der Waals surface area (Å²) in [7, 11) is 0. The van der Waals surface area contributed by atoms with Crippen molar-refractivity contribution in [1.29, 1.82) is 0 Å². The van der Waals surface area contributed by atoms with Crippen molar-refractivity contribution < 1.29 is 19.1 Å². The molecule has 6 heteroatoms. The number of carbonyl (C=O) groups excluding carboxylic acids is 2. The van der Waals surface area contributed by atoms with Crippen molar-refractivity contribution in [2.45, 2.75) is 33.8 Å². The van der Waals surface area contributed by atoms with Gasteiger partial charge in [-0.25, -0.2) is 0 Å². The molecule has 1 aliphatic rings. The Morgan fingerprint density at radius 2 is 1.76 bits per heavy atom. The number of hydrogen-bond donors (Lipinski definition) is 0. The Bertz CT molecular complexity index is 921. The van der Waals surface area contributed by atoms with E-state index in [1.165, 1.54) is 10.5 Å². The van der Waals surface area contributed by atoms with E-state index < -0.39 is 0 Å². The summed E-state index contributed by atoms with van der Waals surface area (Å²) in [6, 6.07) is 13.7. The van der Waals surface area contributed by atoms with Crippen LogP contribution in [0.4, 0.5) is 4.79 Å². The largest absolute Gasteiger partial charge is 0.490 e. The van der Waals surface area contributed by atoms with Gasteiger partial charge in [0.05, 0.1) is 11.5 Å². The normalized spacial score (nSPS) is 15.3. The fourth-order valence-electron chi connectivity index (χ4n) is 2.92.